The predicted molar refractivity (Wildman–Crippen MR) is 83.3 cm³/mol. The molecule has 20 heavy (non-hydrogen) atoms. The van der Waals surface area contributed by atoms with Gasteiger partial charge in [-0.2, -0.15) is 0 Å². The maximum Gasteiger partial charge on any atom is 0.240 e. The highest BCUT2D eigenvalue weighted by Crippen LogP contribution is 2.33. The lowest BCUT2D eigenvalue weighted by molar-refractivity contribution is -0.132. The molecule has 1 aliphatic heterocycles. The number of carbonyl (C=O) groups is 1. The Balaban J connectivity index is 1.95. The first kappa shape index (κ1) is 15.8. The minimum atomic E-state index is 0.00755. The molecule has 3 unspecified atom stereocenters. The van der Waals surface area contributed by atoms with Crippen LogP contribution in [0.5, 0.6) is 0 Å². The van der Waals surface area contributed by atoms with Crippen LogP contribution >= 0.6 is 0 Å². The normalized spacial score (nSPS) is 29.6. The molecule has 1 aliphatic carbocycles. The third-order valence-corrected chi connectivity index (χ3v) is 5.07. The molecule has 2 aliphatic rings. The number of rotatable bonds is 6. The number of nitrogens with zero attached hydrogens (tertiary/aromatic N) is 1. The first-order valence-corrected chi connectivity index (χ1v) is 8.59. The topological polar surface area (TPSA) is 32.3 Å². The van der Waals surface area contributed by atoms with Gasteiger partial charge in [0.15, 0.2) is 0 Å². The summed E-state index contributed by atoms with van der Waals surface area (Å²) in [6.07, 6.45) is 9.18. The maximum atomic E-state index is 12.5. The zero-order valence-electron chi connectivity index (χ0n) is 13.7. The Morgan fingerprint density at radius 3 is 2.45 bits per heavy atom. The average Bonchev–Trinajstić information content (AvgIpc) is 2.98. The number of hydrogen-bond acceptors (Lipinski definition) is 2. The number of amides is 1. The van der Waals surface area contributed by atoms with Crippen LogP contribution in [0, 0.1) is 11.8 Å². The van der Waals surface area contributed by atoms with Crippen molar-refractivity contribution in [3.8, 4) is 0 Å². The summed E-state index contributed by atoms with van der Waals surface area (Å²) in [6.45, 7) is 8.80. The Hall–Kier alpha value is -0.570. The van der Waals surface area contributed by atoms with Crippen molar-refractivity contribution in [3.63, 3.8) is 0 Å². The fourth-order valence-corrected chi connectivity index (χ4v) is 3.86. The van der Waals surface area contributed by atoms with Crippen molar-refractivity contribution in [3.05, 3.63) is 0 Å². The van der Waals surface area contributed by atoms with Crippen LogP contribution in [-0.4, -0.2) is 29.1 Å². The van der Waals surface area contributed by atoms with Gasteiger partial charge in [-0.05, 0) is 44.9 Å². The van der Waals surface area contributed by atoms with Crippen LogP contribution in [-0.2, 0) is 4.79 Å². The van der Waals surface area contributed by atoms with E-state index in [1.165, 1.54) is 38.5 Å². The summed E-state index contributed by atoms with van der Waals surface area (Å²) in [5.41, 5.74) is 0. The molecule has 2 fully saturated rings. The van der Waals surface area contributed by atoms with Gasteiger partial charge in [0.25, 0.3) is 0 Å². The van der Waals surface area contributed by atoms with E-state index in [-0.39, 0.29) is 6.04 Å². The second-order valence-electron chi connectivity index (χ2n) is 7.30. The quantitative estimate of drug-likeness (QED) is 0.807. The number of carbonyl (C=O) groups excluding carboxylic acids is 1. The van der Waals surface area contributed by atoms with E-state index in [1.807, 2.05) is 6.92 Å². The predicted octanol–water partition coefficient (Wildman–Crippen LogP) is 3.54. The highest BCUT2D eigenvalue weighted by Gasteiger charge is 2.43. The molecule has 1 N–H and O–H groups in total. The van der Waals surface area contributed by atoms with Gasteiger partial charge in [-0.3, -0.25) is 10.1 Å². The zero-order valence-corrected chi connectivity index (χ0v) is 13.7. The first-order chi connectivity index (χ1) is 9.50. The lowest BCUT2D eigenvalue weighted by atomic mass is 10.00. The van der Waals surface area contributed by atoms with Crippen molar-refractivity contribution in [2.24, 2.45) is 11.8 Å². The monoisotopic (exact) mass is 280 g/mol. The Morgan fingerprint density at radius 2 is 1.85 bits per heavy atom. The molecule has 3 heteroatoms. The van der Waals surface area contributed by atoms with Gasteiger partial charge in [-0.25, -0.2) is 0 Å². The largest absolute Gasteiger partial charge is 0.323 e. The molecule has 3 atom stereocenters. The first-order valence-electron chi connectivity index (χ1n) is 8.59. The molecular formula is C17H32N2O. The van der Waals surface area contributed by atoms with Crippen molar-refractivity contribution in [2.45, 2.75) is 90.9 Å². The zero-order chi connectivity index (χ0) is 14.7. The molecule has 0 bridgehead atoms. The van der Waals surface area contributed by atoms with Crippen LogP contribution in [0.25, 0.3) is 0 Å². The summed E-state index contributed by atoms with van der Waals surface area (Å²) >= 11 is 0. The van der Waals surface area contributed by atoms with Crippen LogP contribution in [0.3, 0.4) is 0 Å². The Labute approximate surface area is 124 Å². The molecule has 1 amide bonds. The fourth-order valence-electron chi connectivity index (χ4n) is 3.86. The summed E-state index contributed by atoms with van der Waals surface area (Å²) in [6, 6.07) is 0.387. The highest BCUT2D eigenvalue weighted by atomic mass is 16.2. The van der Waals surface area contributed by atoms with E-state index in [0.29, 0.717) is 24.0 Å². The second kappa shape index (κ2) is 6.93. The SMILES string of the molecule is CC(C)CCCC(C)N1C(=O)C(C)NC1C1CCCC1. The van der Waals surface area contributed by atoms with Gasteiger partial charge in [0.2, 0.25) is 5.91 Å². The average molecular weight is 280 g/mol. The molecule has 116 valence electrons. The number of nitrogens with one attached hydrogen (secondary N) is 1. The summed E-state index contributed by atoms with van der Waals surface area (Å²) in [5, 5.41) is 3.55. The van der Waals surface area contributed by atoms with E-state index in [0.717, 1.165) is 12.3 Å². The van der Waals surface area contributed by atoms with Gasteiger partial charge < -0.3 is 4.90 Å². The maximum absolute atomic E-state index is 12.5. The Kier molecular flexibility index (Phi) is 5.48. The van der Waals surface area contributed by atoms with E-state index >= 15 is 0 Å². The van der Waals surface area contributed by atoms with E-state index in [9.17, 15) is 4.79 Å². The lowest BCUT2D eigenvalue weighted by Gasteiger charge is -2.34. The molecule has 1 saturated carbocycles. The molecule has 1 saturated heterocycles. The van der Waals surface area contributed by atoms with E-state index in [2.05, 4.69) is 31.0 Å². The molecule has 0 spiro atoms. The third kappa shape index (κ3) is 3.55. The Bertz CT molecular complexity index is 323. The van der Waals surface area contributed by atoms with E-state index in [4.69, 9.17) is 0 Å². The van der Waals surface area contributed by atoms with Gasteiger partial charge in [0, 0.05) is 6.04 Å². The molecule has 0 aromatic carbocycles. The van der Waals surface area contributed by atoms with Crippen molar-refractivity contribution in [2.75, 3.05) is 0 Å². The van der Waals surface area contributed by atoms with E-state index < -0.39 is 0 Å². The second-order valence-corrected chi connectivity index (χ2v) is 7.30. The minimum absolute atomic E-state index is 0.00755. The summed E-state index contributed by atoms with van der Waals surface area (Å²) in [4.78, 5) is 14.7. The summed E-state index contributed by atoms with van der Waals surface area (Å²) < 4.78 is 0. The van der Waals surface area contributed by atoms with Crippen LogP contribution in [0.2, 0.25) is 0 Å². The van der Waals surface area contributed by atoms with Gasteiger partial charge >= 0.3 is 0 Å². The smallest absolute Gasteiger partial charge is 0.240 e. The Morgan fingerprint density at radius 1 is 1.20 bits per heavy atom. The summed E-state index contributed by atoms with van der Waals surface area (Å²) in [5.74, 6) is 1.76. The van der Waals surface area contributed by atoms with Crippen molar-refractivity contribution in [1.82, 2.24) is 10.2 Å². The lowest BCUT2D eigenvalue weighted by Crippen LogP contribution is -2.47. The molecule has 0 radical (unpaired) electrons. The standard InChI is InChI=1S/C17H32N2O/c1-12(2)8-7-9-13(3)19-16(15-10-5-6-11-15)18-14(4)17(19)20/h12-16,18H,5-11H2,1-4H3. The highest BCUT2D eigenvalue weighted by molar-refractivity contribution is 5.84. The van der Waals surface area contributed by atoms with Crippen molar-refractivity contribution >= 4 is 5.91 Å². The van der Waals surface area contributed by atoms with Crippen molar-refractivity contribution < 1.29 is 4.79 Å². The van der Waals surface area contributed by atoms with Crippen LogP contribution in [0.1, 0.15) is 72.6 Å². The fraction of sp³-hybridized carbons (Fsp3) is 0.941. The molecular weight excluding hydrogens is 248 g/mol. The molecule has 1 heterocycles. The molecule has 2 rings (SSSR count). The van der Waals surface area contributed by atoms with Gasteiger partial charge in [-0.15, -0.1) is 0 Å². The molecule has 3 nitrogen and oxygen atoms in total. The van der Waals surface area contributed by atoms with Crippen LogP contribution < -0.4 is 5.32 Å². The summed E-state index contributed by atoms with van der Waals surface area (Å²) in [7, 11) is 0. The van der Waals surface area contributed by atoms with Crippen molar-refractivity contribution in [1.29, 1.82) is 0 Å². The molecule has 0 aromatic rings. The minimum Gasteiger partial charge on any atom is -0.323 e. The van der Waals surface area contributed by atoms with Crippen LogP contribution in [0.4, 0.5) is 0 Å². The van der Waals surface area contributed by atoms with Crippen LogP contribution in [0.15, 0.2) is 0 Å². The van der Waals surface area contributed by atoms with Gasteiger partial charge in [0.05, 0.1) is 12.2 Å². The van der Waals surface area contributed by atoms with E-state index in [1.54, 1.807) is 0 Å². The molecule has 0 aromatic heterocycles. The number of hydrogen-bond donors (Lipinski definition) is 1. The van der Waals surface area contributed by atoms with Gasteiger partial charge in [-0.1, -0.05) is 39.5 Å². The van der Waals surface area contributed by atoms with Gasteiger partial charge in [0.1, 0.15) is 0 Å². The third-order valence-electron chi connectivity index (χ3n) is 5.07.